The summed E-state index contributed by atoms with van der Waals surface area (Å²) in [6, 6.07) is 59.5. The van der Waals surface area contributed by atoms with E-state index in [9.17, 15) is 42.3 Å². The molecular weight excluding hydrogens is 1150 g/mol. The molecule has 87 heavy (non-hydrogen) atoms. The first kappa shape index (κ1) is 64.2. The summed E-state index contributed by atoms with van der Waals surface area (Å²) in [5.74, 6) is -3.34. The van der Waals surface area contributed by atoms with Crippen LogP contribution in [0.4, 0.5) is 17.1 Å². The van der Waals surface area contributed by atoms with Crippen LogP contribution in [0.1, 0.15) is 84.1 Å². The van der Waals surface area contributed by atoms with Gasteiger partial charge < -0.3 is 40.7 Å². The number of carboxylic acid groups (broad SMARTS) is 2. The van der Waals surface area contributed by atoms with E-state index in [4.69, 9.17) is 26.6 Å². The largest absolute Gasteiger partial charge is 0.507 e. The van der Waals surface area contributed by atoms with Gasteiger partial charge in [0.25, 0.3) is 0 Å². The number of ether oxygens (including phenoxy) is 2. The zero-order valence-electron chi connectivity index (χ0n) is 47.6. The molecule has 18 heteroatoms. The SMILES string of the molecule is COC(=O)c1ccc(NC(=O)/C=C/c2ccc(Cl)cc2)cc1C.Cc1cc(NC(=O)CCc2ccccc2)ccc1C(=O)O.O=C(CC(CCS(=O)(=O)c1ccc(Oc2ccccc2)cc1)c1ccc2ccccc2c1)Nc1ccc(C(=O)O)c(O)c1. The number of rotatable bonds is 20. The molecule has 9 aromatic carbocycles. The Morgan fingerprint density at radius 1 is 0.575 bits per heavy atom. The molecule has 0 aliphatic heterocycles. The zero-order valence-corrected chi connectivity index (χ0v) is 49.2. The van der Waals surface area contributed by atoms with Crippen molar-refractivity contribution in [2.45, 2.75) is 50.3 Å². The molecule has 0 aliphatic carbocycles. The monoisotopic (exact) mass is 1210 g/mol. The van der Waals surface area contributed by atoms with Gasteiger partial charge in [-0.15, -0.1) is 0 Å². The van der Waals surface area contributed by atoms with E-state index in [2.05, 4.69) is 20.7 Å². The van der Waals surface area contributed by atoms with Crippen LogP contribution in [0, 0.1) is 13.8 Å². The number of aromatic carboxylic acids is 2. The van der Waals surface area contributed by atoms with Crippen molar-refractivity contribution in [3.05, 3.63) is 262 Å². The standard InChI is InChI=1S/C34H29NO7S.C18H16ClNO3.C17H17NO3/c36-32-22-27(12-17-31(32)34(38)39)35-33(37)21-26(25-11-10-23-6-4-5-7-24(23)20-25)18-19-43(40,41)30-15-13-29(14-16-30)42-28-8-2-1-3-9-28;1-12-11-15(8-9-16(12)18(22)23-2)20-17(21)10-5-13-3-6-14(19)7-4-13;1-12-11-14(8-9-15(12)17(20)21)18-16(19)10-7-13-5-3-2-4-6-13/h1-17,20,22,26,36H,18-19,21H2,(H,35,37)(H,38,39);3-11H,1-2H3,(H,20,21);2-6,8-9,11H,7,10H2,1H3,(H,18,19)(H,20,21)/b;10-5+;. The quantitative estimate of drug-likeness (QED) is 0.0307. The number of hydrogen-bond donors (Lipinski definition) is 6. The maximum Gasteiger partial charge on any atom is 0.339 e. The first-order valence-electron chi connectivity index (χ1n) is 27.3. The smallest absolute Gasteiger partial charge is 0.339 e. The first-order valence-corrected chi connectivity index (χ1v) is 29.3. The third kappa shape index (κ3) is 19.6. The van der Waals surface area contributed by atoms with E-state index in [0.29, 0.717) is 51.9 Å². The molecule has 3 amide bonds. The Labute approximate surface area is 508 Å². The minimum atomic E-state index is -3.68. The van der Waals surface area contributed by atoms with Crippen molar-refractivity contribution in [2.75, 3.05) is 28.8 Å². The number of methoxy groups -OCH3 is 1. The summed E-state index contributed by atoms with van der Waals surface area (Å²) in [7, 11) is -2.35. The molecule has 0 heterocycles. The van der Waals surface area contributed by atoms with Gasteiger partial charge in [0, 0.05) is 47.1 Å². The Kier molecular flexibility index (Phi) is 22.9. The van der Waals surface area contributed by atoms with E-state index in [0.717, 1.165) is 33.0 Å². The van der Waals surface area contributed by atoms with Crippen LogP contribution < -0.4 is 20.7 Å². The van der Waals surface area contributed by atoms with Gasteiger partial charge in [-0.2, -0.15) is 0 Å². The number of esters is 1. The second-order valence-electron chi connectivity index (χ2n) is 19.9. The summed E-state index contributed by atoms with van der Waals surface area (Å²) in [6.07, 6.45) is 4.36. The second kappa shape index (κ2) is 31.0. The van der Waals surface area contributed by atoms with Crippen molar-refractivity contribution in [1.82, 2.24) is 0 Å². The molecular formula is C69H62ClN3O13S. The number of amides is 3. The second-order valence-corrected chi connectivity index (χ2v) is 22.4. The normalized spacial score (nSPS) is 11.2. The Bertz CT molecular complexity index is 4050. The molecule has 0 spiro atoms. The summed E-state index contributed by atoms with van der Waals surface area (Å²) in [6.45, 7) is 3.49. The lowest BCUT2D eigenvalue weighted by atomic mass is 9.91. The number of halogens is 1. The third-order valence-corrected chi connectivity index (χ3v) is 15.5. The van der Waals surface area contributed by atoms with E-state index in [1.165, 1.54) is 49.6 Å². The van der Waals surface area contributed by atoms with E-state index in [1.54, 1.807) is 74.5 Å². The third-order valence-electron chi connectivity index (χ3n) is 13.5. The number of hydrogen-bond acceptors (Lipinski definition) is 11. The molecule has 16 nitrogen and oxygen atoms in total. The molecule has 6 N–H and O–H groups in total. The predicted molar refractivity (Wildman–Crippen MR) is 338 cm³/mol. The molecule has 9 rings (SSSR count). The topological polar surface area (TPSA) is 252 Å². The van der Waals surface area contributed by atoms with Gasteiger partial charge in [0.2, 0.25) is 17.7 Å². The zero-order chi connectivity index (χ0) is 62.5. The fourth-order valence-electron chi connectivity index (χ4n) is 8.95. The highest BCUT2D eigenvalue weighted by molar-refractivity contribution is 7.91. The predicted octanol–water partition coefficient (Wildman–Crippen LogP) is 14.4. The van der Waals surface area contributed by atoms with Crippen LogP contribution in [-0.4, -0.2) is 72.2 Å². The van der Waals surface area contributed by atoms with Gasteiger partial charge in [-0.05, 0) is 174 Å². The highest BCUT2D eigenvalue weighted by Crippen LogP contribution is 2.31. The fourth-order valence-corrected chi connectivity index (χ4v) is 10.5. The van der Waals surface area contributed by atoms with Crippen molar-refractivity contribution in [3.63, 3.8) is 0 Å². The van der Waals surface area contributed by atoms with Crippen molar-refractivity contribution in [1.29, 1.82) is 0 Å². The number of anilines is 3. The lowest BCUT2D eigenvalue weighted by Crippen LogP contribution is -2.18. The molecule has 0 aromatic heterocycles. The highest BCUT2D eigenvalue weighted by atomic mass is 35.5. The van der Waals surface area contributed by atoms with Crippen LogP contribution in [-0.2, 0) is 35.4 Å². The number of carbonyl (C=O) groups excluding carboxylic acids is 4. The molecule has 0 saturated carbocycles. The van der Waals surface area contributed by atoms with Crippen molar-refractivity contribution >= 4 is 91.0 Å². The summed E-state index contributed by atoms with van der Waals surface area (Å²) in [5, 5.41) is 39.0. The number of nitrogens with one attached hydrogen (secondary N) is 3. The van der Waals surface area contributed by atoms with Gasteiger partial charge >= 0.3 is 17.9 Å². The van der Waals surface area contributed by atoms with Crippen LogP contribution in [0.25, 0.3) is 16.8 Å². The minimum Gasteiger partial charge on any atom is -0.507 e. The first-order chi connectivity index (χ1) is 41.7. The number of carbonyl (C=O) groups is 6. The van der Waals surface area contributed by atoms with Crippen molar-refractivity contribution < 1.29 is 62.0 Å². The number of phenols is 1. The number of carboxylic acids is 2. The maximum absolute atomic E-state index is 13.3. The van der Waals surface area contributed by atoms with Gasteiger partial charge in [0.1, 0.15) is 22.8 Å². The van der Waals surface area contributed by atoms with Crippen LogP contribution in [0.2, 0.25) is 5.02 Å². The molecule has 0 fully saturated rings. The average molecular weight is 1210 g/mol. The minimum absolute atomic E-state index is 0.0286. The highest BCUT2D eigenvalue weighted by Gasteiger charge is 2.23. The molecule has 444 valence electrons. The number of sulfone groups is 1. The summed E-state index contributed by atoms with van der Waals surface area (Å²) in [4.78, 5) is 70.7. The molecule has 1 unspecified atom stereocenters. The molecule has 0 aliphatic rings. The van der Waals surface area contributed by atoms with Crippen LogP contribution in [0.3, 0.4) is 0 Å². The summed E-state index contributed by atoms with van der Waals surface area (Å²) in [5.41, 5.74) is 6.08. The van der Waals surface area contributed by atoms with Gasteiger partial charge in [-0.1, -0.05) is 115 Å². The average Bonchev–Trinajstić information content (AvgIpc) is 3.62. The van der Waals surface area contributed by atoms with Crippen LogP contribution in [0.15, 0.2) is 217 Å². The van der Waals surface area contributed by atoms with Gasteiger partial charge in [0.05, 0.1) is 28.9 Å². The Hall–Kier alpha value is -10.4. The molecule has 0 bridgehead atoms. The lowest BCUT2D eigenvalue weighted by Gasteiger charge is -2.18. The van der Waals surface area contributed by atoms with Crippen LogP contribution in [0.5, 0.6) is 17.2 Å². The number of aromatic hydroxyl groups is 1. The van der Waals surface area contributed by atoms with Gasteiger partial charge in [0.15, 0.2) is 9.84 Å². The van der Waals surface area contributed by atoms with Gasteiger partial charge in [-0.25, -0.2) is 22.8 Å². The molecule has 1 atom stereocenters. The number of fused-ring (bicyclic) bond motifs is 1. The van der Waals surface area contributed by atoms with E-state index in [1.807, 2.05) is 115 Å². The number of para-hydroxylation sites is 1. The van der Waals surface area contributed by atoms with Crippen molar-refractivity contribution in [3.8, 4) is 17.2 Å². The fraction of sp³-hybridized carbons (Fsp3) is 0.130. The summed E-state index contributed by atoms with van der Waals surface area (Å²) < 4.78 is 37.1. The Balaban J connectivity index is 0.000000207. The van der Waals surface area contributed by atoms with Gasteiger partial charge in [-0.3, -0.25) is 14.4 Å². The number of aryl methyl sites for hydroxylation is 3. The molecule has 0 radical (unpaired) electrons. The molecule has 9 aromatic rings. The summed E-state index contributed by atoms with van der Waals surface area (Å²) >= 11 is 5.81. The Morgan fingerprint density at radius 2 is 1.13 bits per heavy atom. The lowest BCUT2D eigenvalue weighted by molar-refractivity contribution is -0.117. The number of benzene rings is 9. The van der Waals surface area contributed by atoms with E-state index >= 15 is 0 Å². The van der Waals surface area contributed by atoms with Crippen molar-refractivity contribution in [2.24, 2.45) is 0 Å². The van der Waals surface area contributed by atoms with Crippen LogP contribution >= 0.6 is 11.6 Å². The maximum atomic E-state index is 13.3. The molecule has 0 saturated heterocycles. The van der Waals surface area contributed by atoms with E-state index < -0.39 is 45.3 Å². The Morgan fingerprint density at radius 3 is 1.74 bits per heavy atom. The van der Waals surface area contributed by atoms with E-state index in [-0.39, 0.29) is 52.1 Å².